The number of carbonyl (C=O) groups is 1. The molecule has 1 aliphatic heterocycles. The number of nitrogens with zero attached hydrogens (tertiary/aromatic N) is 3. The largest absolute Gasteiger partial charge is 0.381 e. The summed E-state index contributed by atoms with van der Waals surface area (Å²) in [7, 11) is 0. The highest BCUT2D eigenvalue weighted by molar-refractivity contribution is 6.33. The van der Waals surface area contributed by atoms with E-state index in [0.29, 0.717) is 30.8 Å². The minimum Gasteiger partial charge on any atom is -0.381 e. The predicted molar refractivity (Wildman–Crippen MR) is 64.2 cm³/mol. The zero-order chi connectivity index (χ0) is 12.5. The van der Waals surface area contributed by atoms with Gasteiger partial charge in [-0.05, 0) is 6.42 Å². The maximum Gasteiger partial charge on any atom is 0.233 e. The number of imidazole rings is 1. The summed E-state index contributed by atoms with van der Waals surface area (Å²) in [5, 5.41) is 2.86. The maximum absolute atomic E-state index is 11.9. The highest BCUT2D eigenvalue weighted by Crippen LogP contribution is 2.19. The molecule has 0 radical (unpaired) electrons. The van der Waals surface area contributed by atoms with Gasteiger partial charge in [-0.3, -0.25) is 10.1 Å². The van der Waals surface area contributed by atoms with Crippen molar-refractivity contribution in [2.45, 2.75) is 6.42 Å². The molecule has 0 spiro atoms. The molecule has 94 valence electrons. The van der Waals surface area contributed by atoms with Crippen LogP contribution in [0, 0.1) is 5.92 Å². The average Bonchev–Trinajstić information content (AvgIpc) is 2.99. The fourth-order valence-corrected chi connectivity index (χ4v) is 2.03. The lowest BCUT2D eigenvalue weighted by atomic mass is 10.1. The molecular formula is C10H10ClN5O2. The van der Waals surface area contributed by atoms with Crippen LogP contribution in [0.1, 0.15) is 6.42 Å². The predicted octanol–water partition coefficient (Wildman–Crippen LogP) is 0.981. The van der Waals surface area contributed by atoms with Crippen molar-refractivity contribution in [2.75, 3.05) is 18.5 Å². The molecule has 8 heteroatoms. The standard InChI is InChI=1S/C10H10ClN5O2/c11-7-6-8(13-4-12-6)15-10(14-7)16-9(17)5-1-2-18-3-5/h4-5H,1-3H2,(H2,12,13,14,15,16,17). The van der Waals surface area contributed by atoms with Gasteiger partial charge in [-0.15, -0.1) is 0 Å². The van der Waals surface area contributed by atoms with Crippen molar-refractivity contribution < 1.29 is 9.53 Å². The van der Waals surface area contributed by atoms with Gasteiger partial charge in [0.1, 0.15) is 5.52 Å². The number of halogens is 1. The molecule has 1 aliphatic rings. The number of fused-ring (bicyclic) bond motifs is 1. The highest BCUT2D eigenvalue weighted by atomic mass is 35.5. The molecule has 1 unspecified atom stereocenters. The van der Waals surface area contributed by atoms with Crippen LogP contribution in [-0.2, 0) is 9.53 Å². The van der Waals surface area contributed by atoms with Gasteiger partial charge < -0.3 is 9.72 Å². The fourth-order valence-electron chi connectivity index (χ4n) is 1.81. The molecule has 2 aromatic rings. The second kappa shape index (κ2) is 4.51. The fraction of sp³-hybridized carbons (Fsp3) is 0.400. The summed E-state index contributed by atoms with van der Waals surface area (Å²) in [6.45, 7) is 1.04. The number of aromatic nitrogens is 4. The topological polar surface area (TPSA) is 92.8 Å². The smallest absolute Gasteiger partial charge is 0.233 e. The molecule has 1 saturated heterocycles. The average molecular weight is 268 g/mol. The van der Waals surface area contributed by atoms with E-state index in [0.717, 1.165) is 0 Å². The Morgan fingerprint density at radius 2 is 2.44 bits per heavy atom. The van der Waals surface area contributed by atoms with Crippen LogP contribution >= 0.6 is 11.6 Å². The number of amides is 1. The summed E-state index contributed by atoms with van der Waals surface area (Å²) in [6.07, 6.45) is 2.19. The van der Waals surface area contributed by atoms with Gasteiger partial charge in [0.05, 0.1) is 18.9 Å². The van der Waals surface area contributed by atoms with Crippen molar-refractivity contribution in [1.82, 2.24) is 19.9 Å². The van der Waals surface area contributed by atoms with E-state index in [-0.39, 0.29) is 22.9 Å². The minimum atomic E-state index is -0.154. The van der Waals surface area contributed by atoms with Gasteiger partial charge in [0.15, 0.2) is 10.8 Å². The zero-order valence-corrected chi connectivity index (χ0v) is 10.1. The Kier molecular flexibility index (Phi) is 2.85. The van der Waals surface area contributed by atoms with E-state index in [1.54, 1.807) is 0 Å². The SMILES string of the molecule is O=C(Nc1nc(Cl)c2[nH]cnc2n1)C1CCOC1. The number of nitrogens with one attached hydrogen (secondary N) is 2. The van der Waals surface area contributed by atoms with Crippen LogP contribution in [0.25, 0.3) is 11.2 Å². The van der Waals surface area contributed by atoms with E-state index >= 15 is 0 Å². The van der Waals surface area contributed by atoms with Gasteiger partial charge in [-0.25, -0.2) is 4.98 Å². The molecule has 18 heavy (non-hydrogen) atoms. The molecule has 0 bridgehead atoms. The molecule has 3 heterocycles. The molecular weight excluding hydrogens is 258 g/mol. The van der Waals surface area contributed by atoms with E-state index in [9.17, 15) is 4.79 Å². The first-order valence-electron chi connectivity index (χ1n) is 5.49. The molecule has 2 aromatic heterocycles. The van der Waals surface area contributed by atoms with Gasteiger partial charge in [0, 0.05) is 6.61 Å². The number of H-pyrrole nitrogens is 1. The molecule has 7 nitrogen and oxygen atoms in total. The van der Waals surface area contributed by atoms with Crippen LogP contribution < -0.4 is 5.32 Å². The van der Waals surface area contributed by atoms with Crippen LogP contribution in [-0.4, -0.2) is 39.1 Å². The van der Waals surface area contributed by atoms with Crippen molar-refractivity contribution >= 4 is 34.6 Å². The van der Waals surface area contributed by atoms with E-state index in [1.807, 2.05) is 0 Å². The number of ether oxygens (including phenoxy) is 1. The molecule has 3 rings (SSSR count). The number of rotatable bonds is 2. The third-order valence-corrected chi connectivity index (χ3v) is 3.05. The number of hydrogen-bond acceptors (Lipinski definition) is 5. The summed E-state index contributed by atoms with van der Waals surface area (Å²) in [4.78, 5) is 26.8. The third kappa shape index (κ3) is 2.02. The first-order valence-corrected chi connectivity index (χ1v) is 5.87. The number of aromatic amines is 1. The molecule has 0 saturated carbocycles. The monoisotopic (exact) mass is 267 g/mol. The molecule has 1 atom stereocenters. The van der Waals surface area contributed by atoms with Crippen molar-refractivity contribution in [3.05, 3.63) is 11.5 Å². The van der Waals surface area contributed by atoms with Crippen LogP contribution in [0.2, 0.25) is 5.15 Å². The van der Waals surface area contributed by atoms with Gasteiger partial charge in [-0.1, -0.05) is 11.6 Å². The minimum absolute atomic E-state index is 0.151. The van der Waals surface area contributed by atoms with Gasteiger partial charge in [0.25, 0.3) is 0 Å². The Hall–Kier alpha value is -1.73. The van der Waals surface area contributed by atoms with Crippen molar-refractivity contribution in [3.8, 4) is 0 Å². The van der Waals surface area contributed by atoms with E-state index < -0.39 is 0 Å². The Balaban J connectivity index is 1.83. The molecule has 1 amide bonds. The van der Waals surface area contributed by atoms with E-state index in [2.05, 4.69) is 25.3 Å². The van der Waals surface area contributed by atoms with E-state index in [4.69, 9.17) is 16.3 Å². The maximum atomic E-state index is 11.9. The quantitative estimate of drug-likeness (QED) is 0.791. The van der Waals surface area contributed by atoms with Gasteiger partial charge in [0.2, 0.25) is 11.9 Å². The van der Waals surface area contributed by atoms with Gasteiger partial charge in [-0.2, -0.15) is 9.97 Å². The summed E-state index contributed by atoms with van der Waals surface area (Å²) >= 11 is 5.95. The molecule has 1 fully saturated rings. The van der Waals surface area contributed by atoms with Crippen molar-refractivity contribution in [2.24, 2.45) is 5.92 Å². The summed E-state index contributed by atoms with van der Waals surface area (Å²) in [5.41, 5.74) is 0.979. The Bertz CT molecular complexity index is 593. The lowest BCUT2D eigenvalue weighted by Gasteiger charge is -2.07. The first-order chi connectivity index (χ1) is 8.74. The molecule has 0 aliphatic carbocycles. The van der Waals surface area contributed by atoms with Crippen molar-refractivity contribution in [3.63, 3.8) is 0 Å². The van der Waals surface area contributed by atoms with Crippen LogP contribution in [0.3, 0.4) is 0 Å². The number of carbonyl (C=O) groups excluding carboxylic acids is 1. The lowest BCUT2D eigenvalue weighted by molar-refractivity contribution is -0.119. The summed E-state index contributed by atoms with van der Waals surface area (Å²) in [5.74, 6) is -0.141. The van der Waals surface area contributed by atoms with E-state index in [1.165, 1.54) is 6.33 Å². The van der Waals surface area contributed by atoms with Crippen LogP contribution in [0.5, 0.6) is 0 Å². The number of hydrogen-bond donors (Lipinski definition) is 2. The van der Waals surface area contributed by atoms with Crippen LogP contribution in [0.4, 0.5) is 5.95 Å². The lowest BCUT2D eigenvalue weighted by Crippen LogP contribution is -2.24. The Labute approximate surface area is 107 Å². The first kappa shape index (κ1) is 11.4. The summed E-state index contributed by atoms with van der Waals surface area (Å²) in [6, 6.07) is 0. The van der Waals surface area contributed by atoms with Crippen LogP contribution in [0.15, 0.2) is 6.33 Å². The highest BCUT2D eigenvalue weighted by Gasteiger charge is 2.24. The second-order valence-corrected chi connectivity index (χ2v) is 4.35. The molecule has 0 aromatic carbocycles. The summed E-state index contributed by atoms with van der Waals surface area (Å²) < 4.78 is 5.15. The molecule has 2 N–H and O–H groups in total. The number of anilines is 1. The second-order valence-electron chi connectivity index (χ2n) is 3.99. The Morgan fingerprint density at radius 1 is 1.56 bits per heavy atom. The Morgan fingerprint density at radius 3 is 3.22 bits per heavy atom. The zero-order valence-electron chi connectivity index (χ0n) is 9.31. The third-order valence-electron chi connectivity index (χ3n) is 2.78. The van der Waals surface area contributed by atoms with Crippen molar-refractivity contribution in [1.29, 1.82) is 0 Å². The normalized spacial score (nSPS) is 19.3. The van der Waals surface area contributed by atoms with Gasteiger partial charge >= 0.3 is 0 Å².